The molecule has 17 nitrogen and oxygen atoms in total. The minimum absolute atomic E-state index is 0.0376. The predicted octanol–water partition coefficient (Wildman–Crippen LogP) is 1.08. The largest absolute Gasteiger partial charge is 0.471 e. The molecular weight excluding hydrogens is 616 g/mol. The molecule has 1 fully saturated rings. The number of aromatic nitrogens is 1. The Balaban J connectivity index is 1.68. The van der Waals surface area contributed by atoms with Crippen LogP contribution in [0.15, 0.2) is 40.4 Å². The maximum Gasteiger partial charge on any atom is 0.303 e. The molecule has 1 aromatic heterocycles. The first-order chi connectivity index (χ1) is 21.8. The third-order valence-corrected chi connectivity index (χ3v) is 7.09. The van der Waals surface area contributed by atoms with Crippen LogP contribution in [-0.2, 0) is 66.7 Å². The lowest BCUT2D eigenvalue weighted by Gasteiger charge is -2.45. The van der Waals surface area contributed by atoms with Crippen LogP contribution in [0.25, 0.3) is 0 Å². The quantitative estimate of drug-likeness (QED) is 0.201. The lowest BCUT2D eigenvalue weighted by molar-refractivity contribution is -0.342. The molecular formula is C29H34N2O15. The van der Waals surface area contributed by atoms with E-state index >= 15 is 0 Å². The fourth-order valence-electron chi connectivity index (χ4n) is 5.38. The van der Waals surface area contributed by atoms with Gasteiger partial charge < -0.3 is 42.3 Å². The second-order valence-corrected chi connectivity index (χ2v) is 10.5. The van der Waals surface area contributed by atoms with E-state index in [1.165, 1.54) is 25.6 Å². The molecule has 0 aromatic carbocycles. The summed E-state index contributed by atoms with van der Waals surface area (Å²) in [6.45, 7) is 5.08. The summed E-state index contributed by atoms with van der Waals surface area (Å²) in [6.07, 6.45) is -2.48. The van der Waals surface area contributed by atoms with E-state index in [1.54, 1.807) is 6.08 Å². The normalized spacial score (nSPS) is 28.3. The number of anilines is 1. The lowest BCUT2D eigenvalue weighted by atomic mass is 9.83. The Labute approximate surface area is 262 Å². The Morgan fingerprint density at radius 2 is 1.50 bits per heavy atom. The van der Waals surface area contributed by atoms with Crippen molar-refractivity contribution in [3.05, 3.63) is 35.9 Å². The first kappa shape index (κ1) is 34.1. The number of nitrogens with one attached hydrogen (secondary N) is 1. The van der Waals surface area contributed by atoms with Gasteiger partial charge in [-0.05, 0) is 12.0 Å². The number of hydrogen-bond acceptors (Lipinski definition) is 16. The van der Waals surface area contributed by atoms with E-state index in [1.807, 2.05) is 0 Å². The van der Waals surface area contributed by atoms with Crippen LogP contribution in [0.4, 0.5) is 6.01 Å². The number of carbonyl (C=O) groups is 6. The van der Waals surface area contributed by atoms with Crippen molar-refractivity contribution in [3.63, 3.8) is 0 Å². The van der Waals surface area contributed by atoms with Crippen LogP contribution in [0.1, 0.15) is 41.0 Å². The maximum atomic E-state index is 13.2. The predicted molar refractivity (Wildman–Crippen MR) is 147 cm³/mol. The first-order valence-electron chi connectivity index (χ1n) is 14.2. The smallest absolute Gasteiger partial charge is 0.303 e. The molecule has 1 aromatic rings. The number of nitrogens with zero attached hydrogens (tertiary/aromatic N) is 1. The van der Waals surface area contributed by atoms with Crippen LogP contribution in [-0.4, -0.2) is 90.9 Å². The Morgan fingerprint density at radius 1 is 0.848 bits per heavy atom. The van der Waals surface area contributed by atoms with E-state index in [0.29, 0.717) is 12.0 Å². The highest BCUT2D eigenvalue weighted by molar-refractivity contribution is 6.03. The third-order valence-electron chi connectivity index (χ3n) is 7.09. The average molecular weight is 651 g/mol. The van der Waals surface area contributed by atoms with Gasteiger partial charge in [0.1, 0.15) is 25.6 Å². The van der Waals surface area contributed by atoms with Gasteiger partial charge in [-0.2, -0.15) is 0 Å². The Morgan fingerprint density at radius 3 is 2.11 bits per heavy atom. The Hall–Kier alpha value is -4.77. The van der Waals surface area contributed by atoms with E-state index < -0.39 is 91.2 Å². The highest BCUT2D eigenvalue weighted by atomic mass is 16.8. The topological polar surface area (TPSA) is 214 Å². The molecule has 3 aliphatic rings. The van der Waals surface area contributed by atoms with Crippen molar-refractivity contribution in [1.29, 1.82) is 0 Å². The zero-order valence-corrected chi connectivity index (χ0v) is 25.6. The average Bonchev–Trinajstić information content (AvgIpc) is 3.63. The molecule has 3 heterocycles. The molecule has 0 spiro atoms. The molecule has 4 rings (SSSR count). The number of carbonyl (C=O) groups excluding carboxylic acids is 6. The summed E-state index contributed by atoms with van der Waals surface area (Å²) in [5.41, 5.74) is 0.768. The van der Waals surface area contributed by atoms with Gasteiger partial charge in [-0.15, -0.1) is 0 Å². The molecule has 0 bridgehead atoms. The van der Waals surface area contributed by atoms with Gasteiger partial charge >= 0.3 is 35.9 Å². The third kappa shape index (κ3) is 8.48. The van der Waals surface area contributed by atoms with Crippen LogP contribution in [0.2, 0.25) is 0 Å². The van der Waals surface area contributed by atoms with Crippen LogP contribution in [0, 0.1) is 11.8 Å². The zero-order valence-electron chi connectivity index (χ0n) is 25.6. The minimum Gasteiger partial charge on any atom is -0.471 e. The number of fused-ring (bicyclic) bond motifs is 1. The van der Waals surface area contributed by atoms with Crippen LogP contribution >= 0.6 is 0 Å². The van der Waals surface area contributed by atoms with Crippen molar-refractivity contribution in [2.45, 2.75) is 78.0 Å². The SMILES string of the molecule is CC(=O)OCC1=CC[C@@H]2C(C(=O)Nc3ncco3)=CO[C@@H](O[C@@H]3O[C@H](COC(C)=O)[C@@H](OC(C)=O)[C@H](OC(C)=O)[C@H]3OC(C)=O)[C@H]12. The summed E-state index contributed by atoms with van der Waals surface area (Å²) in [5.74, 6) is -5.49. The summed E-state index contributed by atoms with van der Waals surface area (Å²) < 4.78 is 50.0. The highest BCUT2D eigenvalue weighted by Gasteiger charge is 2.55. The first-order valence-corrected chi connectivity index (χ1v) is 14.2. The van der Waals surface area contributed by atoms with Crippen LogP contribution < -0.4 is 5.32 Å². The summed E-state index contributed by atoms with van der Waals surface area (Å²) in [5, 5.41) is 2.54. The summed E-state index contributed by atoms with van der Waals surface area (Å²) >= 11 is 0. The number of allylic oxidation sites excluding steroid dienone is 1. The number of rotatable bonds is 11. The van der Waals surface area contributed by atoms with Gasteiger partial charge in [-0.1, -0.05) is 6.08 Å². The van der Waals surface area contributed by atoms with Gasteiger partial charge in [-0.25, -0.2) is 4.98 Å². The van der Waals surface area contributed by atoms with Crippen molar-refractivity contribution >= 4 is 41.8 Å². The fraction of sp³-hybridized carbons (Fsp3) is 0.552. The number of ether oxygens (including phenoxy) is 8. The second kappa shape index (κ2) is 15.0. The van der Waals surface area contributed by atoms with E-state index in [9.17, 15) is 28.8 Å². The van der Waals surface area contributed by atoms with Gasteiger partial charge in [0.2, 0.25) is 12.6 Å². The molecule has 8 atom stereocenters. The minimum atomic E-state index is -1.56. The standard InChI is InChI=1S/C29H34N2O15/c1-13(32)39-10-18-6-7-19-20(26(37)31-29-30-8-9-38-29)11-41-27(22(18)19)46-28-25(44-17(5)36)24(43-16(4)35)23(42-15(3)34)21(45-28)12-40-14(2)33/h6,8-9,11,19,21-25,27-28H,7,10,12H2,1-5H3,(H,30,31,37)/t19-,21-,22-,23-,24+,25-,27+,28+/m1/s1. The van der Waals surface area contributed by atoms with Gasteiger partial charge in [0.05, 0.1) is 23.9 Å². The highest BCUT2D eigenvalue weighted by Crippen LogP contribution is 2.45. The molecule has 0 radical (unpaired) electrons. The van der Waals surface area contributed by atoms with Crippen LogP contribution in [0.3, 0.4) is 0 Å². The maximum absolute atomic E-state index is 13.2. The van der Waals surface area contributed by atoms with Crippen molar-refractivity contribution in [3.8, 4) is 0 Å². The van der Waals surface area contributed by atoms with E-state index in [-0.39, 0.29) is 18.2 Å². The van der Waals surface area contributed by atoms with E-state index in [2.05, 4.69) is 10.3 Å². The molecule has 46 heavy (non-hydrogen) atoms. The van der Waals surface area contributed by atoms with Crippen molar-refractivity contribution in [1.82, 2.24) is 4.98 Å². The Bertz CT molecular complexity index is 1390. The molecule has 0 unspecified atom stereocenters. The summed E-state index contributed by atoms with van der Waals surface area (Å²) in [4.78, 5) is 76.8. The number of hydrogen-bond donors (Lipinski definition) is 1. The summed E-state index contributed by atoms with van der Waals surface area (Å²) in [6, 6.07) is -0.0376. The van der Waals surface area contributed by atoms with Gasteiger partial charge in [0.25, 0.3) is 5.91 Å². The van der Waals surface area contributed by atoms with Gasteiger partial charge in [0.15, 0.2) is 18.3 Å². The van der Waals surface area contributed by atoms with Crippen molar-refractivity contribution in [2.75, 3.05) is 18.5 Å². The lowest BCUT2D eigenvalue weighted by Crippen LogP contribution is -2.63. The monoisotopic (exact) mass is 650 g/mol. The molecule has 0 saturated carbocycles. The zero-order chi connectivity index (χ0) is 33.5. The molecule has 1 aliphatic carbocycles. The molecule has 1 amide bonds. The fourth-order valence-corrected chi connectivity index (χ4v) is 5.38. The van der Waals surface area contributed by atoms with Gasteiger partial charge in [-0.3, -0.25) is 34.1 Å². The van der Waals surface area contributed by atoms with Crippen molar-refractivity contribution < 1.29 is 71.1 Å². The number of esters is 5. The van der Waals surface area contributed by atoms with E-state index in [4.69, 9.17) is 42.3 Å². The Kier molecular flexibility index (Phi) is 11.1. The van der Waals surface area contributed by atoms with Crippen LogP contribution in [0.5, 0.6) is 0 Å². The molecule has 1 saturated heterocycles. The number of amides is 1. The second-order valence-electron chi connectivity index (χ2n) is 10.5. The summed E-state index contributed by atoms with van der Waals surface area (Å²) in [7, 11) is 0. The molecule has 2 aliphatic heterocycles. The molecule has 17 heteroatoms. The number of oxazole rings is 1. The molecule has 1 N–H and O–H groups in total. The van der Waals surface area contributed by atoms with E-state index in [0.717, 1.165) is 27.7 Å². The van der Waals surface area contributed by atoms with Crippen molar-refractivity contribution in [2.24, 2.45) is 11.8 Å². The van der Waals surface area contributed by atoms with Gasteiger partial charge in [0, 0.05) is 40.5 Å². The molecule has 250 valence electrons.